The standard InChI is InChI=1S/C21H20N4O/c1-26-20-12-11-18-21(25-20)24-19(23-18)13-15-7-9-17(10-8-15)22-14-16-5-3-2-4-6-16/h2-12,22H,13-14H2,1H3,(H,23,24,25). The Kier molecular flexibility index (Phi) is 4.51. The van der Waals surface area contributed by atoms with E-state index in [2.05, 4.69) is 68.8 Å². The second-order valence-electron chi connectivity index (χ2n) is 6.12. The van der Waals surface area contributed by atoms with Crippen LogP contribution >= 0.6 is 0 Å². The van der Waals surface area contributed by atoms with Crippen molar-refractivity contribution in [2.24, 2.45) is 0 Å². The van der Waals surface area contributed by atoms with Gasteiger partial charge in [-0.1, -0.05) is 42.5 Å². The molecular formula is C21H20N4O. The number of nitrogens with zero attached hydrogens (tertiary/aromatic N) is 2. The van der Waals surface area contributed by atoms with Crippen LogP contribution in [0.3, 0.4) is 0 Å². The molecule has 2 aromatic heterocycles. The van der Waals surface area contributed by atoms with Crippen LogP contribution in [-0.2, 0) is 13.0 Å². The van der Waals surface area contributed by atoms with E-state index in [1.165, 1.54) is 11.1 Å². The van der Waals surface area contributed by atoms with Crippen LogP contribution in [0.2, 0.25) is 0 Å². The molecule has 0 aliphatic carbocycles. The number of anilines is 1. The normalized spacial score (nSPS) is 10.8. The maximum Gasteiger partial charge on any atom is 0.215 e. The maximum atomic E-state index is 5.15. The second kappa shape index (κ2) is 7.27. The summed E-state index contributed by atoms with van der Waals surface area (Å²) in [5.74, 6) is 1.47. The van der Waals surface area contributed by atoms with Crippen molar-refractivity contribution < 1.29 is 4.74 Å². The molecule has 4 aromatic rings. The zero-order valence-corrected chi connectivity index (χ0v) is 14.6. The highest BCUT2D eigenvalue weighted by Crippen LogP contribution is 2.17. The van der Waals surface area contributed by atoms with E-state index < -0.39 is 0 Å². The average Bonchev–Trinajstić information content (AvgIpc) is 3.09. The third kappa shape index (κ3) is 3.67. The molecule has 0 aliphatic heterocycles. The van der Waals surface area contributed by atoms with E-state index in [4.69, 9.17) is 4.74 Å². The Hall–Kier alpha value is -3.34. The van der Waals surface area contributed by atoms with Gasteiger partial charge in [-0.25, -0.2) is 4.98 Å². The number of methoxy groups -OCH3 is 1. The molecular weight excluding hydrogens is 324 g/mol. The van der Waals surface area contributed by atoms with Gasteiger partial charge in [0, 0.05) is 24.7 Å². The lowest BCUT2D eigenvalue weighted by Crippen LogP contribution is -1.99. The predicted octanol–water partition coefficient (Wildman–Crippen LogP) is 4.17. The maximum absolute atomic E-state index is 5.15. The Bertz CT molecular complexity index is 994. The molecule has 0 amide bonds. The van der Waals surface area contributed by atoms with Gasteiger partial charge in [-0.2, -0.15) is 4.98 Å². The van der Waals surface area contributed by atoms with Crippen molar-refractivity contribution in [2.45, 2.75) is 13.0 Å². The molecule has 2 N–H and O–H groups in total. The highest BCUT2D eigenvalue weighted by atomic mass is 16.5. The van der Waals surface area contributed by atoms with Crippen LogP contribution in [0.1, 0.15) is 17.0 Å². The summed E-state index contributed by atoms with van der Waals surface area (Å²) in [6, 6.07) is 22.6. The Morgan fingerprint density at radius 1 is 0.885 bits per heavy atom. The summed E-state index contributed by atoms with van der Waals surface area (Å²) in [7, 11) is 1.61. The van der Waals surface area contributed by atoms with E-state index in [1.54, 1.807) is 7.11 Å². The van der Waals surface area contributed by atoms with Gasteiger partial charge in [-0.3, -0.25) is 0 Å². The van der Waals surface area contributed by atoms with Crippen molar-refractivity contribution in [1.82, 2.24) is 15.0 Å². The summed E-state index contributed by atoms with van der Waals surface area (Å²) in [6.07, 6.45) is 0.734. The Balaban J connectivity index is 1.42. The monoisotopic (exact) mass is 344 g/mol. The van der Waals surface area contributed by atoms with Crippen LogP contribution in [0.15, 0.2) is 66.7 Å². The van der Waals surface area contributed by atoms with Gasteiger partial charge in [0.25, 0.3) is 0 Å². The van der Waals surface area contributed by atoms with E-state index in [1.807, 2.05) is 18.2 Å². The first-order valence-electron chi connectivity index (χ1n) is 8.56. The summed E-state index contributed by atoms with van der Waals surface area (Å²) < 4.78 is 5.15. The first-order valence-corrected chi connectivity index (χ1v) is 8.56. The molecule has 0 bridgehead atoms. The van der Waals surface area contributed by atoms with Crippen LogP contribution in [0, 0.1) is 0 Å². The van der Waals surface area contributed by atoms with Gasteiger partial charge in [0.15, 0.2) is 5.65 Å². The van der Waals surface area contributed by atoms with Crippen LogP contribution in [-0.4, -0.2) is 22.1 Å². The van der Waals surface area contributed by atoms with Gasteiger partial charge >= 0.3 is 0 Å². The highest BCUT2D eigenvalue weighted by molar-refractivity contribution is 5.71. The smallest absolute Gasteiger partial charge is 0.215 e. The van der Waals surface area contributed by atoms with Crippen molar-refractivity contribution in [3.63, 3.8) is 0 Å². The van der Waals surface area contributed by atoms with Crippen LogP contribution in [0.5, 0.6) is 5.88 Å². The number of aromatic amines is 1. The van der Waals surface area contributed by atoms with Gasteiger partial charge in [-0.15, -0.1) is 0 Å². The minimum absolute atomic E-state index is 0.574. The van der Waals surface area contributed by atoms with Gasteiger partial charge in [0.2, 0.25) is 5.88 Å². The summed E-state index contributed by atoms with van der Waals surface area (Å²) in [5, 5.41) is 3.44. The first kappa shape index (κ1) is 16.1. The fourth-order valence-corrected chi connectivity index (χ4v) is 2.86. The van der Waals surface area contributed by atoms with Gasteiger partial charge < -0.3 is 15.0 Å². The van der Waals surface area contributed by atoms with Gasteiger partial charge in [0.05, 0.1) is 12.6 Å². The van der Waals surface area contributed by atoms with Gasteiger partial charge in [0.1, 0.15) is 5.82 Å². The molecule has 5 heteroatoms. The number of aromatic nitrogens is 3. The molecule has 0 atom stereocenters. The lowest BCUT2D eigenvalue weighted by atomic mass is 10.1. The molecule has 5 nitrogen and oxygen atoms in total. The number of rotatable bonds is 6. The van der Waals surface area contributed by atoms with Crippen molar-refractivity contribution in [3.05, 3.63) is 83.7 Å². The zero-order chi connectivity index (χ0) is 17.8. The van der Waals surface area contributed by atoms with Crippen molar-refractivity contribution >= 4 is 16.9 Å². The molecule has 2 aromatic carbocycles. The van der Waals surface area contributed by atoms with E-state index >= 15 is 0 Å². The second-order valence-corrected chi connectivity index (χ2v) is 6.12. The van der Waals surface area contributed by atoms with E-state index in [0.717, 1.165) is 30.0 Å². The van der Waals surface area contributed by atoms with E-state index in [-0.39, 0.29) is 0 Å². The van der Waals surface area contributed by atoms with E-state index in [9.17, 15) is 0 Å². The highest BCUT2D eigenvalue weighted by Gasteiger charge is 2.06. The molecule has 2 heterocycles. The molecule has 130 valence electrons. The molecule has 0 unspecified atom stereocenters. The molecule has 0 fully saturated rings. The van der Waals surface area contributed by atoms with Crippen molar-refractivity contribution in [1.29, 1.82) is 0 Å². The molecule has 4 rings (SSSR count). The summed E-state index contributed by atoms with van der Waals surface area (Å²) in [4.78, 5) is 12.2. The summed E-state index contributed by atoms with van der Waals surface area (Å²) >= 11 is 0. The Labute approximate surface area is 152 Å². The molecule has 0 aliphatic rings. The average molecular weight is 344 g/mol. The minimum Gasteiger partial charge on any atom is -0.481 e. The third-order valence-corrected chi connectivity index (χ3v) is 4.24. The lowest BCUT2D eigenvalue weighted by molar-refractivity contribution is 0.399. The fraction of sp³-hybridized carbons (Fsp3) is 0.143. The number of fused-ring (bicyclic) bond motifs is 1. The number of H-pyrrole nitrogens is 1. The molecule has 0 saturated carbocycles. The number of hydrogen-bond acceptors (Lipinski definition) is 4. The lowest BCUT2D eigenvalue weighted by Gasteiger charge is -2.07. The number of benzene rings is 2. The SMILES string of the molecule is COc1ccc2[nH]c(Cc3ccc(NCc4ccccc4)cc3)nc2n1. The number of hydrogen-bond donors (Lipinski definition) is 2. The number of pyridine rings is 1. The topological polar surface area (TPSA) is 62.8 Å². The quantitative estimate of drug-likeness (QED) is 0.551. The van der Waals surface area contributed by atoms with Crippen LogP contribution < -0.4 is 10.1 Å². The first-order chi connectivity index (χ1) is 12.8. The van der Waals surface area contributed by atoms with Crippen LogP contribution in [0.25, 0.3) is 11.2 Å². The molecule has 26 heavy (non-hydrogen) atoms. The third-order valence-electron chi connectivity index (χ3n) is 4.24. The van der Waals surface area contributed by atoms with Gasteiger partial charge in [-0.05, 0) is 29.3 Å². The summed E-state index contributed by atoms with van der Waals surface area (Å²) in [6.45, 7) is 0.817. The predicted molar refractivity (Wildman–Crippen MR) is 103 cm³/mol. The number of nitrogens with one attached hydrogen (secondary N) is 2. The Morgan fingerprint density at radius 3 is 2.46 bits per heavy atom. The zero-order valence-electron chi connectivity index (χ0n) is 14.6. The molecule has 0 saturated heterocycles. The number of imidazole rings is 1. The molecule has 0 spiro atoms. The summed E-state index contributed by atoms with van der Waals surface area (Å²) in [5.41, 5.74) is 5.17. The number of ether oxygens (including phenoxy) is 1. The van der Waals surface area contributed by atoms with Crippen molar-refractivity contribution in [3.8, 4) is 5.88 Å². The largest absolute Gasteiger partial charge is 0.481 e. The van der Waals surface area contributed by atoms with Crippen LogP contribution in [0.4, 0.5) is 5.69 Å². The minimum atomic E-state index is 0.574. The molecule has 0 radical (unpaired) electrons. The fourth-order valence-electron chi connectivity index (χ4n) is 2.86. The Morgan fingerprint density at radius 2 is 1.69 bits per heavy atom. The van der Waals surface area contributed by atoms with E-state index in [0.29, 0.717) is 11.5 Å². The van der Waals surface area contributed by atoms with Crippen molar-refractivity contribution in [2.75, 3.05) is 12.4 Å².